The van der Waals surface area contributed by atoms with Crippen LogP contribution in [-0.4, -0.2) is 16.4 Å². The zero-order valence-electron chi connectivity index (χ0n) is 5.52. The molecule has 0 bridgehead atoms. The van der Waals surface area contributed by atoms with E-state index in [0.29, 0.717) is 17.7 Å². The van der Waals surface area contributed by atoms with Gasteiger partial charge in [0.2, 0.25) is 0 Å². The van der Waals surface area contributed by atoms with Crippen LogP contribution in [0, 0.1) is 0 Å². The maximum atomic E-state index is 10.3. The minimum Gasteiger partial charge on any atom is -0.298 e. The average molecular weight is 164 g/mol. The molecule has 1 heterocycles. The van der Waals surface area contributed by atoms with Crippen LogP contribution in [0.25, 0.3) is 0 Å². The number of carbonyl (C=O) groups excluding carboxylic acids is 1. The Hall–Kier alpha value is -1.38. The molecular weight excluding hydrogens is 160 g/mol. The third-order valence-corrected chi connectivity index (χ3v) is 1.19. The van der Waals surface area contributed by atoms with Gasteiger partial charge in [0.05, 0.1) is 10.7 Å². The van der Waals surface area contributed by atoms with Gasteiger partial charge in [0, 0.05) is 6.20 Å². The second-order valence-corrected chi connectivity index (χ2v) is 1.92. The van der Waals surface area contributed by atoms with Crippen molar-refractivity contribution in [1.82, 2.24) is 4.98 Å². The fourth-order valence-electron chi connectivity index (χ4n) is 0.638. The Bertz CT molecular complexity index is 318. The number of hydrogen-bond acceptors (Lipinski definition) is 4. The van der Waals surface area contributed by atoms with Crippen molar-refractivity contribution < 1.29 is 4.79 Å². The summed E-state index contributed by atoms with van der Waals surface area (Å²) in [5.41, 5.74) is 0.421. The number of carbonyl (C=O) groups is 1. The minimum atomic E-state index is 0.317. The number of rotatable bonds is 2. The predicted molar refractivity (Wildman–Crippen MR) is 44.3 cm³/mol. The lowest BCUT2D eigenvalue weighted by Crippen LogP contribution is -1.82. The van der Waals surface area contributed by atoms with Crippen LogP contribution >= 0.6 is 12.2 Å². The predicted octanol–water partition coefficient (Wildman–Crippen LogP) is 1.63. The molecule has 0 aromatic carbocycles. The molecule has 0 radical (unpaired) electrons. The van der Waals surface area contributed by atoms with E-state index in [1.54, 1.807) is 18.3 Å². The third kappa shape index (κ3) is 1.77. The number of isothiocyanates is 1. The lowest BCUT2D eigenvalue weighted by atomic mass is 10.3. The van der Waals surface area contributed by atoms with Gasteiger partial charge in [-0.1, -0.05) is 0 Å². The highest BCUT2D eigenvalue weighted by Gasteiger charge is 1.97. The molecule has 54 valence electrons. The summed E-state index contributed by atoms with van der Waals surface area (Å²) in [4.78, 5) is 17.8. The van der Waals surface area contributed by atoms with E-state index < -0.39 is 0 Å². The monoisotopic (exact) mass is 164 g/mol. The first kappa shape index (κ1) is 7.72. The Morgan fingerprint density at radius 2 is 2.55 bits per heavy atom. The molecule has 0 aliphatic rings. The summed E-state index contributed by atoms with van der Waals surface area (Å²) >= 11 is 4.37. The van der Waals surface area contributed by atoms with Gasteiger partial charge in [0.15, 0.2) is 12.1 Å². The molecule has 3 nitrogen and oxygen atoms in total. The van der Waals surface area contributed by atoms with Gasteiger partial charge in [0.25, 0.3) is 0 Å². The Labute approximate surface area is 68.8 Å². The molecule has 11 heavy (non-hydrogen) atoms. The molecular formula is C7H4N2OS. The average Bonchev–Trinajstić information content (AvgIpc) is 2.06. The molecule has 0 spiro atoms. The number of nitrogens with zero attached hydrogens (tertiary/aromatic N) is 2. The molecule has 0 fully saturated rings. The summed E-state index contributed by atoms with van der Waals surface area (Å²) in [6, 6.07) is 3.28. The Balaban J connectivity index is 3.21. The van der Waals surface area contributed by atoms with E-state index in [9.17, 15) is 4.79 Å². The number of aldehydes is 1. The first-order valence-electron chi connectivity index (χ1n) is 2.86. The van der Waals surface area contributed by atoms with Crippen molar-refractivity contribution in [2.75, 3.05) is 0 Å². The van der Waals surface area contributed by atoms with E-state index in [0.717, 1.165) is 0 Å². The van der Waals surface area contributed by atoms with Crippen LogP contribution in [-0.2, 0) is 0 Å². The minimum absolute atomic E-state index is 0.317. The summed E-state index contributed by atoms with van der Waals surface area (Å²) in [7, 11) is 0. The standard InChI is InChI=1S/C7H4N2OS/c10-4-6-2-1-3-8-7(6)9-5-11/h1-4H. The highest BCUT2D eigenvalue weighted by molar-refractivity contribution is 7.78. The third-order valence-electron chi connectivity index (χ3n) is 1.10. The summed E-state index contributed by atoms with van der Waals surface area (Å²) in [6.45, 7) is 0. The Morgan fingerprint density at radius 1 is 1.73 bits per heavy atom. The van der Waals surface area contributed by atoms with Gasteiger partial charge in [-0.05, 0) is 24.4 Å². The van der Waals surface area contributed by atoms with E-state index in [-0.39, 0.29) is 0 Å². The Morgan fingerprint density at radius 3 is 3.18 bits per heavy atom. The molecule has 0 N–H and O–H groups in total. The van der Waals surface area contributed by atoms with Crippen LogP contribution in [0.15, 0.2) is 23.3 Å². The van der Waals surface area contributed by atoms with E-state index in [2.05, 4.69) is 27.4 Å². The van der Waals surface area contributed by atoms with E-state index in [1.807, 2.05) is 0 Å². The van der Waals surface area contributed by atoms with Crippen molar-refractivity contribution in [2.45, 2.75) is 0 Å². The molecule has 0 aliphatic carbocycles. The second kappa shape index (κ2) is 3.71. The lowest BCUT2D eigenvalue weighted by Gasteiger charge is -1.91. The molecule has 1 aromatic rings. The number of aromatic nitrogens is 1. The zero-order valence-corrected chi connectivity index (χ0v) is 6.34. The van der Waals surface area contributed by atoms with Gasteiger partial charge >= 0.3 is 0 Å². The summed E-state index contributed by atoms with van der Waals surface area (Å²) in [5, 5.41) is 2.15. The van der Waals surface area contributed by atoms with Crippen molar-refractivity contribution in [2.24, 2.45) is 4.99 Å². The highest BCUT2D eigenvalue weighted by Crippen LogP contribution is 2.10. The van der Waals surface area contributed by atoms with E-state index >= 15 is 0 Å². The van der Waals surface area contributed by atoms with Crippen molar-refractivity contribution in [1.29, 1.82) is 0 Å². The maximum Gasteiger partial charge on any atom is 0.173 e. The molecule has 1 aromatic heterocycles. The van der Waals surface area contributed by atoms with E-state index in [4.69, 9.17) is 0 Å². The topological polar surface area (TPSA) is 42.3 Å². The molecule has 0 saturated heterocycles. The summed E-state index contributed by atoms with van der Waals surface area (Å²) in [6.07, 6.45) is 2.22. The van der Waals surface area contributed by atoms with Crippen molar-refractivity contribution in [3.63, 3.8) is 0 Å². The van der Waals surface area contributed by atoms with Gasteiger partial charge in [0.1, 0.15) is 0 Å². The van der Waals surface area contributed by atoms with Crippen molar-refractivity contribution >= 4 is 29.5 Å². The van der Waals surface area contributed by atoms with Crippen LogP contribution in [0.5, 0.6) is 0 Å². The highest BCUT2D eigenvalue weighted by atomic mass is 32.1. The van der Waals surface area contributed by atoms with E-state index in [1.165, 1.54) is 0 Å². The van der Waals surface area contributed by atoms with Gasteiger partial charge in [-0.15, -0.1) is 0 Å². The van der Waals surface area contributed by atoms with Gasteiger partial charge in [-0.25, -0.2) is 4.98 Å². The van der Waals surface area contributed by atoms with Crippen LogP contribution in [0.2, 0.25) is 0 Å². The zero-order chi connectivity index (χ0) is 8.10. The Kier molecular flexibility index (Phi) is 2.60. The fraction of sp³-hybridized carbons (Fsp3) is 0. The van der Waals surface area contributed by atoms with Gasteiger partial charge in [-0.2, -0.15) is 4.99 Å². The SMILES string of the molecule is O=Cc1cccnc1N=C=S. The largest absolute Gasteiger partial charge is 0.298 e. The van der Waals surface area contributed by atoms with Gasteiger partial charge in [-0.3, -0.25) is 4.79 Å². The molecule has 0 saturated carbocycles. The van der Waals surface area contributed by atoms with Crippen LogP contribution in [0.3, 0.4) is 0 Å². The molecule has 0 atom stereocenters. The van der Waals surface area contributed by atoms with Crippen LogP contribution in [0.1, 0.15) is 10.4 Å². The quantitative estimate of drug-likeness (QED) is 0.379. The summed E-state index contributed by atoms with van der Waals surface area (Å²) < 4.78 is 0. The molecule has 4 heteroatoms. The molecule has 0 amide bonds. The fourth-order valence-corrected chi connectivity index (χ4v) is 0.725. The van der Waals surface area contributed by atoms with Crippen LogP contribution < -0.4 is 0 Å². The van der Waals surface area contributed by atoms with Crippen molar-refractivity contribution in [3.8, 4) is 0 Å². The number of hydrogen-bond donors (Lipinski definition) is 0. The number of thiocarbonyl (C=S) groups is 1. The first-order valence-corrected chi connectivity index (χ1v) is 3.27. The molecule has 0 unspecified atom stereocenters. The lowest BCUT2D eigenvalue weighted by molar-refractivity contribution is 0.112. The maximum absolute atomic E-state index is 10.3. The number of aliphatic imine (C=N–C) groups is 1. The smallest absolute Gasteiger partial charge is 0.173 e. The normalized spacial score (nSPS) is 8.36. The number of pyridine rings is 1. The van der Waals surface area contributed by atoms with Gasteiger partial charge < -0.3 is 0 Å². The molecule has 0 aliphatic heterocycles. The second-order valence-electron chi connectivity index (χ2n) is 1.74. The molecule has 1 rings (SSSR count). The first-order chi connectivity index (χ1) is 5.38. The van der Waals surface area contributed by atoms with Crippen LogP contribution in [0.4, 0.5) is 5.82 Å². The van der Waals surface area contributed by atoms with Crippen molar-refractivity contribution in [3.05, 3.63) is 23.9 Å². The summed E-state index contributed by atoms with van der Waals surface area (Å²) in [5.74, 6) is 0.317.